The third kappa shape index (κ3) is 3.21. The van der Waals surface area contributed by atoms with Crippen LogP contribution in [-0.4, -0.2) is 37.4 Å². The quantitative estimate of drug-likeness (QED) is 0.727. The highest BCUT2D eigenvalue weighted by molar-refractivity contribution is 7.99. The van der Waals surface area contributed by atoms with Crippen LogP contribution >= 0.6 is 11.8 Å². The number of fused-ring (bicyclic) bond motifs is 2. The first-order chi connectivity index (χ1) is 11.5. The van der Waals surface area contributed by atoms with E-state index in [1.165, 1.54) is 15.5 Å². The number of anilines is 2. The summed E-state index contributed by atoms with van der Waals surface area (Å²) in [6, 6.07) is 15.0. The molecular formula is C20H24N2OS. The molecule has 0 aliphatic carbocycles. The summed E-state index contributed by atoms with van der Waals surface area (Å²) in [4.78, 5) is 19.2. The van der Waals surface area contributed by atoms with Gasteiger partial charge >= 0.3 is 0 Å². The highest BCUT2D eigenvalue weighted by Crippen LogP contribution is 2.48. The van der Waals surface area contributed by atoms with E-state index in [2.05, 4.69) is 67.2 Å². The van der Waals surface area contributed by atoms with Crippen molar-refractivity contribution in [3.63, 3.8) is 0 Å². The zero-order valence-corrected chi connectivity index (χ0v) is 15.6. The van der Waals surface area contributed by atoms with Gasteiger partial charge in [0.05, 0.1) is 11.4 Å². The summed E-state index contributed by atoms with van der Waals surface area (Å²) in [6.07, 6.45) is 0.538. The normalized spacial score (nSPS) is 14.3. The number of Topliss-reactive ketones (excluding diaryl/α,β-unsaturated/α-hetero) is 1. The van der Waals surface area contributed by atoms with Gasteiger partial charge < -0.3 is 9.80 Å². The number of carbonyl (C=O) groups excluding carboxylic acids is 1. The lowest BCUT2D eigenvalue weighted by Crippen LogP contribution is -2.37. The lowest BCUT2D eigenvalue weighted by atomic mass is 10.1. The Morgan fingerprint density at radius 1 is 1.12 bits per heavy atom. The van der Waals surface area contributed by atoms with Gasteiger partial charge in [0, 0.05) is 34.4 Å². The second-order valence-electron chi connectivity index (χ2n) is 6.45. The Labute approximate surface area is 148 Å². The molecule has 0 saturated carbocycles. The SMILES string of the molecule is CCC(=O)c1ccc2c(c1)N(C[C@@H](C)N(C)C)c1ccccc1S2. The van der Waals surface area contributed by atoms with Crippen molar-refractivity contribution in [3.05, 3.63) is 48.0 Å². The maximum Gasteiger partial charge on any atom is 0.162 e. The fourth-order valence-corrected chi connectivity index (χ4v) is 3.91. The van der Waals surface area contributed by atoms with Gasteiger partial charge in [-0.3, -0.25) is 4.79 Å². The maximum absolute atomic E-state index is 12.1. The predicted molar refractivity (Wildman–Crippen MR) is 102 cm³/mol. The highest BCUT2D eigenvalue weighted by atomic mass is 32.2. The molecule has 0 bridgehead atoms. The topological polar surface area (TPSA) is 23.6 Å². The largest absolute Gasteiger partial charge is 0.338 e. The van der Waals surface area contributed by atoms with Gasteiger partial charge in [-0.15, -0.1) is 0 Å². The Kier molecular flexibility index (Phi) is 4.97. The van der Waals surface area contributed by atoms with E-state index in [-0.39, 0.29) is 5.78 Å². The van der Waals surface area contributed by atoms with E-state index in [1.54, 1.807) is 11.8 Å². The molecular weight excluding hydrogens is 316 g/mol. The number of hydrogen-bond acceptors (Lipinski definition) is 4. The molecule has 0 unspecified atom stereocenters. The van der Waals surface area contributed by atoms with Crippen LogP contribution in [0.4, 0.5) is 11.4 Å². The second-order valence-corrected chi connectivity index (χ2v) is 7.54. The average molecular weight is 340 g/mol. The standard InChI is InChI=1S/C20H24N2OS/c1-5-18(23)15-10-11-20-17(12-15)22(13-14(2)21(3)4)16-8-6-7-9-19(16)24-20/h6-12,14H,5,13H2,1-4H3/t14-/m1/s1. The van der Waals surface area contributed by atoms with Crippen LogP contribution in [0.3, 0.4) is 0 Å². The number of hydrogen-bond donors (Lipinski definition) is 0. The average Bonchev–Trinajstić information content (AvgIpc) is 2.60. The van der Waals surface area contributed by atoms with Gasteiger partial charge in [0.1, 0.15) is 0 Å². The lowest BCUT2D eigenvalue weighted by molar-refractivity contribution is 0.0988. The monoisotopic (exact) mass is 340 g/mol. The molecule has 0 amide bonds. The summed E-state index contributed by atoms with van der Waals surface area (Å²) < 4.78 is 0. The minimum Gasteiger partial charge on any atom is -0.338 e. The molecule has 1 atom stereocenters. The number of benzene rings is 2. The highest BCUT2D eigenvalue weighted by Gasteiger charge is 2.25. The molecule has 2 aromatic carbocycles. The minimum atomic E-state index is 0.197. The van der Waals surface area contributed by atoms with Crippen molar-refractivity contribution in [2.75, 3.05) is 25.5 Å². The van der Waals surface area contributed by atoms with Crippen LogP contribution in [0.1, 0.15) is 30.6 Å². The molecule has 3 rings (SSSR count). The summed E-state index contributed by atoms with van der Waals surface area (Å²) in [6.45, 7) is 5.03. The van der Waals surface area contributed by atoms with Crippen molar-refractivity contribution < 1.29 is 4.79 Å². The predicted octanol–water partition coefficient (Wildman–Crippen LogP) is 4.83. The van der Waals surface area contributed by atoms with Crippen LogP contribution in [0.25, 0.3) is 0 Å². The first-order valence-corrected chi connectivity index (χ1v) is 9.21. The molecule has 4 heteroatoms. The van der Waals surface area contributed by atoms with Crippen molar-refractivity contribution in [3.8, 4) is 0 Å². The summed E-state index contributed by atoms with van der Waals surface area (Å²) in [5.74, 6) is 0.197. The number of ketones is 1. The Balaban J connectivity index is 2.07. The van der Waals surface area contributed by atoms with Crippen molar-refractivity contribution in [1.29, 1.82) is 0 Å². The molecule has 0 spiro atoms. The van der Waals surface area contributed by atoms with Crippen LogP contribution in [0.15, 0.2) is 52.3 Å². The first kappa shape index (κ1) is 17.1. The van der Waals surface area contributed by atoms with E-state index in [0.29, 0.717) is 12.5 Å². The summed E-state index contributed by atoms with van der Waals surface area (Å²) in [5, 5.41) is 0. The Morgan fingerprint density at radius 2 is 1.83 bits per heavy atom. The third-order valence-electron chi connectivity index (χ3n) is 4.60. The number of rotatable bonds is 5. The first-order valence-electron chi connectivity index (χ1n) is 8.39. The summed E-state index contributed by atoms with van der Waals surface area (Å²) >= 11 is 1.78. The minimum absolute atomic E-state index is 0.197. The van der Waals surface area contributed by atoms with Crippen LogP contribution in [-0.2, 0) is 0 Å². The van der Waals surface area contributed by atoms with Gasteiger partial charge in [0.15, 0.2) is 5.78 Å². The molecule has 0 fully saturated rings. The van der Waals surface area contributed by atoms with E-state index in [0.717, 1.165) is 17.8 Å². The fourth-order valence-electron chi connectivity index (χ4n) is 2.83. The van der Waals surface area contributed by atoms with Gasteiger partial charge in [-0.1, -0.05) is 36.9 Å². The third-order valence-corrected chi connectivity index (χ3v) is 5.73. The Bertz CT molecular complexity index is 757. The number of para-hydroxylation sites is 1. The van der Waals surface area contributed by atoms with E-state index in [9.17, 15) is 4.79 Å². The van der Waals surface area contributed by atoms with E-state index in [1.807, 2.05) is 13.0 Å². The number of likely N-dealkylation sites (N-methyl/N-ethyl adjacent to an activating group) is 1. The molecule has 24 heavy (non-hydrogen) atoms. The molecule has 0 radical (unpaired) electrons. The lowest BCUT2D eigenvalue weighted by Gasteiger charge is -2.36. The van der Waals surface area contributed by atoms with Gasteiger partial charge in [0.2, 0.25) is 0 Å². The van der Waals surface area contributed by atoms with Crippen molar-refractivity contribution >= 4 is 28.9 Å². The zero-order valence-electron chi connectivity index (χ0n) is 14.7. The Hall–Kier alpha value is -1.78. The molecule has 1 heterocycles. The van der Waals surface area contributed by atoms with Gasteiger partial charge in [0.25, 0.3) is 0 Å². The molecule has 0 saturated heterocycles. The maximum atomic E-state index is 12.1. The van der Waals surface area contributed by atoms with Crippen LogP contribution in [0.5, 0.6) is 0 Å². The van der Waals surface area contributed by atoms with Gasteiger partial charge in [-0.2, -0.15) is 0 Å². The molecule has 1 aliphatic heterocycles. The molecule has 1 aliphatic rings. The van der Waals surface area contributed by atoms with E-state index >= 15 is 0 Å². The fraction of sp³-hybridized carbons (Fsp3) is 0.350. The Morgan fingerprint density at radius 3 is 2.54 bits per heavy atom. The van der Waals surface area contributed by atoms with Crippen molar-refractivity contribution in [2.45, 2.75) is 36.1 Å². The second kappa shape index (κ2) is 6.99. The summed E-state index contributed by atoms with van der Waals surface area (Å²) in [7, 11) is 4.21. The molecule has 0 aromatic heterocycles. The smallest absolute Gasteiger partial charge is 0.162 e. The van der Waals surface area contributed by atoms with Gasteiger partial charge in [-0.25, -0.2) is 0 Å². The van der Waals surface area contributed by atoms with E-state index in [4.69, 9.17) is 0 Å². The van der Waals surface area contributed by atoms with Crippen LogP contribution in [0, 0.1) is 0 Å². The van der Waals surface area contributed by atoms with Crippen molar-refractivity contribution in [2.24, 2.45) is 0 Å². The van der Waals surface area contributed by atoms with Crippen LogP contribution < -0.4 is 4.90 Å². The van der Waals surface area contributed by atoms with Gasteiger partial charge in [-0.05, 0) is 45.3 Å². The summed E-state index contributed by atoms with van der Waals surface area (Å²) in [5.41, 5.74) is 3.18. The zero-order chi connectivity index (χ0) is 17.3. The number of carbonyl (C=O) groups is 1. The molecule has 2 aromatic rings. The molecule has 0 N–H and O–H groups in total. The van der Waals surface area contributed by atoms with Crippen LogP contribution in [0.2, 0.25) is 0 Å². The molecule has 3 nitrogen and oxygen atoms in total. The molecule has 126 valence electrons. The van der Waals surface area contributed by atoms with Crippen molar-refractivity contribution in [1.82, 2.24) is 4.90 Å². The number of nitrogens with zero attached hydrogens (tertiary/aromatic N) is 2. The van der Waals surface area contributed by atoms with E-state index < -0.39 is 0 Å².